The number of rotatable bonds is 8. The Hall–Kier alpha value is -1.75. The molecule has 0 aromatic heterocycles. The highest BCUT2D eigenvalue weighted by Crippen LogP contribution is 2.29. The zero-order chi connectivity index (χ0) is 15.2. The van der Waals surface area contributed by atoms with Gasteiger partial charge in [-0.15, -0.1) is 0 Å². The van der Waals surface area contributed by atoms with Crippen LogP contribution >= 0.6 is 0 Å². The smallest absolute Gasteiger partial charge is 0.260 e. The monoisotopic (exact) mass is 292 g/mol. The van der Waals surface area contributed by atoms with Crippen LogP contribution in [0.3, 0.4) is 0 Å². The molecule has 1 aromatic rings. The van der Waals surface area contributed by atoms with Crippen LogP contribution in [0.5, 0.6) is 11.5 Å². The number of carbonyl (C=O) groups excluding carboxylic acids is 1. The van der Waals surface area contributed by atoms with Crippen LogP contribution in [-0.2, 0) is 11.2 Å². The maximum Gasteiger partial charge on any atom is 0.260 e. The first-order valence-corrected chi connectivity index (χ1v) is 7.48. The lowest BCUT2D eigenvalue weighted by atomic mass is 10.1. The number of likely N-dealkylation sites (N-methyl/N-ethyl adjacent to an activating group) is 1. The number of ether oxygens (including phenoxy) is 2. The van der Waals surface area contributed by atoms with E-state index in [0.717, 1.165) is 31.4 Å². The summed E-state index contributed by atoms with van der Waals surface area (Å²) in [6.07, 6.45) is 3.01. The van der Waals surface area contributed by atoms with Gasteiger partial charge in [-0.1, -0.05) is 6.07 Å². The van der Waals surface area contributed by atoms with Crippen LogP contribution in [0.4, 0.5) is 0 Å². The van der Waals surface area contributed by atoms with Crippen molar-refractivity contribution in [2.45, 2.75) is 32.2 Å². The van der Waals surface area contributed by atoms with Gasteiger partial charge in [0.25, 0.3) is 5.91 Å². The van der Waals surface area contributed by atoms with E-state index in [0.29, 0.717) is 24.1 Å². The molecule has 1 aromatic carbocycles. The van der Waals surface area contributed by atoms with Gasteiger partial charge in [0.05, 0.1) is 7.11 Å². The van der Waals surface area contributed by atoms with Crippen molar-refractivity contribution in [3.05, 3.63) is 23.8 Å². The van der Waals surface area contributed by atoms with E-state index >= 15 is 0 Å². The lowest BCUT2D eigenvalue weighted by Crippen LogP contribution is -2.36. The average Bonchev–Trinajstić information content (AvgIpc) is 3.31. The largest absolute Gasteiger partial charge is 0.493 e. The summed E-state index contributed by atoms with van der Waals surface area (Å²) in [5, 5.41) is 0. The Morgan fingerprint density at radius 3 is 2.71 bits per heavy atom. The summed E-state index contributed by atoms with van der Waals surface area (Å²) >= 11 is 0. The molecule has 5 heteroatoms. The third-order valence-corrected chi connectivity index (χ3v) is 3.66. The zero-order valence-corrected chi connectivity index (χ0v) is 12.8. The molecule has 0 saturated heterocycles. The summed E-state index contributed by atoms with van der Waals surface area (Å²) in [5.74, 6) is 1.27. The predicted molar refractivity (Wildman–Crippen MR) is 81.7 cm³/mol. The molecule has 2 N–H and O–H groups in total. The quantitative estimate of drug-likeness (QED) is 0.790. The van der Waals surface area contributed by atoms with E-state index in [1.807, 2.05) is 30.0 Å². The molecule has 0 spiro atoms. The fourth-order valence-corrected chi connectivity index (χ4v) is 2.40. The average molecular weight is 292 g/mol. The molecule has 1 aliphatic rings. The van der Waals surface area contributed by atoms with E-state index in [4.69, 9.17) is 15.2 Å². The molecule has 1 fully saturated rings. The van der Waals surface area contributed by atoms with Crippen LogP contribution < -0.4 is 15.2 Å². The van der Waals surface area contributed by atoms with Crippen LogP contribution in [0.2, 0.25) is 0 Å². The van der Waals surface area contributed by atoms with Gasteiger partial charge in [-0.3, -0.25) is 4.79 Å². The lowest BCUT2D eigenvalue weighted by molar-refractivity contribution is -0.133. The third-order valence-electron chi connectivity index (χ3n) is 3.66. The second-order valence-corrected chi connectivity index (χ2v) is 5.22. The van der Waals surface area contributed by atoms with E-state index in [-0.39, 0.29) is 12.5 Å². The molecule has 0 atom stereocenters. The normalized spacial score (nSPS) is 13.9. The van der Waals surface area contributed by atoms with Crippen molar-refractivity contribution in [2.75, 3.05) is 26.8 Å². The van der Waals surface area contributed by atoms with Crippen LogP contribution in [0.1, 0.15) is 25.3 Å². The molecule has 1 saturated carbocycles. The summed E-state index contributed by atoms with van der Waals surface area (Å²) in [6.45, 7) is 3.38. The molecular formula is C16H24N2O3. The second kappa shape index (κ2) is 7.31. The number of nitrogens with two attached hydrogens (primary N) is 1. The topological polar surface area (TPSA) is 64.8 Å². The molecule has 0 heterocycles. The van der Waals surface area contributed by atoms with Gasteiger partial charge < -0.3 is 20.1 Å². The van der Waals surface area contributed by atoms with Crippen LogP contribution in [0.15, 0.2) is 18.2 Å². The number of hydrogen-bond donors (Lipinski definition) is 1. The van der Waals surface area contributed by atoms with Crippen LogP contribution in [0.25, 0.3) is 0 Å². The Kier molecular flexibility index (Phi) is 5.44. The van der Waals surface area contributed by atoms with E-state index in [1.54, 1.807) is 7.11 Å². The Morgan fingerprint density at radius 1 is 1.38 bits per heavy atom. The minimum absolute atomic E-state index is 0.0353. The molecule has 116 valence electrons. The number of nitrogens with zero attached hydrogens (tertiary/aromatic N) is 1. The molecular weight excluding hydrogens is 268 g/mol. The molecule has 1 amide bonds. The number of benzene rings is 1. The minimum Gasteiger partial charge on any atom is -0.493 e. The SMILES string of the molecule is CCN(C(=O)COc1ccc(CCN)cc1OC)C1CC1. The van der Waals surface area contributed by atoms with Crippen molar-refractivity contribution >= 4 is 5.91 Å². The van der Waals surface area contributed by atoms with E-state index in [1.165, 1.54) is 0 Å². The molecule has 0 radical (unpaired) electrons. The van der Waals surface area contributed by atoms with Crippen molar-refractivity contribution in [1.82, 2.24) is 4.90 Å². The van der Waals surface area contributed by atoms with E-state index in [9.17, 15) is 4.79 Å². The first-order valence-electron chi connectivity index (χ1n) is 7.48. The van der Waals surface area contributed by atoms with Gasteiger partial charge in [0.15, 0.2) is 18.1 Å². The van der Waals surface area contributed by atoms with Gasteiger partial charge in [0, 0.05) is 12.6 Å². The fourth-order valence-electron chi connectivity index (χ4n) is 2.40. The summed E-state index contributed by atoms with van der Waals surface area (Å²) in [5.41, 5.74) is 6.65. The summed E-state index contributed by atoms with van der Waals surface area (Å²) < 4.78 is 11.0. The molecule has 2 rings (SSSR count). The maximum absolute atomic E-state index is 12.1. The first kappa shape index (κ1) is 15.6. The lowest BCUT2D eigenvalue weighted by Gasteiger charge is -2.20. The zero-order valence-electron chi connectivity index (χ0n) is 12.8. The Labute approximate surface area is 126 Å². The van der Waals surface area contributed by atoms with E-state index < -0.39 is 0 Å². The molecule has 0 aliphatic heterocycles. The van der Waals surface area contributed by atoms with Crippen molar-refractivity contribution < 1.29 is 14.3 Å². The highest BCUT2D eigenvalue weighted by Gasteiger charge is 2.31. The van der Waals surface area contributed by atoms with Crippen LogP contribution in [0, 0.1) is 0 Å². The predicted octanol–water partition coefficient (Wildman–Crippen LogP) is 1.59. The molecule has 5 nitrogen and oxygen atoms in total. The number of carbonyl (C=O) groups is 1. The summed E-state index contributed by atoms with van der Waals surface area (Å²) in [4.78, 5) is 14.0. The van der Waals surface area contributed by atoms with Gasteiger partial charge in [0.2, 0.25) is 0 Å². The first-order chi connectivity index (χ1) is 10.2. The van der Waals surface area contributed by atoms with E-state index in [2.05, 4.69) is 0 Å². The number of methoxy groups -OCH3 is 1. The van der Waals surface area contributed by atoms with Gasteiger partial charge in [-0.05, 0) is 50.4 Å². The Bertz CT molecular complexity index is 486. The fraction of sp³-hybridized carbons (Fsp3) is 0.562. The molecule has 0 unspecified atom stereocenters. The number of hydrogen-bond acceptors (Lipinski definition) is 4. The van der Waals surface area contributed by atoms with Gasteiger partial charge in [-0.25, -0.2) is 0 Å². The number of amides is 1. The van der Waals surface area contributed by atoms with Gasteiger partial charge in [0.1, 0.15) is 0 Å². The Morgan fingerprint density at radius 2 is 2.14 bits per heavy atom. The maximum atomic E-state index is 12.1. The highest BCUT2D eigenvalue weighted by molar-refractivity contribution is 5.78. The molecule has 1 aliphatic carbocycles. The summed E-state index contributed by atoms with van der Waals surface area (Å²) in [7, 11) is 1.60. The van der Waals surface area contributed by atoms with Crippen molar-refractivity contribution in [1.29, 1.82) is 0 Å². The van der Waals surface area contributed by atoms with Crippen LogP contribution in [-0.4, -0.2) is 43.7 Å². The minimum atomic E-state index is 0.0353. The Balaban J connectivity index is 1.97. The van der Waals surface area contributed by atoms with Gasteiger partial charge in [-0.2, -0.15) is 0 Å². The summed E-state index contributed by atoms with van der Waals surface area (Å²) in [6, 6.07) is 6.11. The third kappa shape index (κ3) is 4.11. The van der Waals surface area contributed by atoms with Crippen molar-refractivity contribution in [3.63, 3.8) is 0 Å². The molecule has 21 heavy (non-hydrogen) atoms. The standard InChI is InChI=1S/C16H24N2O3/c1-3-18(13-5-6-13)16(19)11-21-14-7-4-12(8-9-17)10-15(14)20-2/h4,7,10,13H,3,5-6,8-9,11,17H2,1-2H3. The van der Waals surface area contributed by atoms with Crippen molar-refractivity contribution in [2.24, 2.45) is 5.73 Å². The second-order valence-electron chi connectivity index (χ2n) is 5.22. The van der Waals surface area contributed by atoms with Gasteiger partial charge >= 0.3 is 0 Å². The van der Waals surface area contributed by atoms with Crippen molar-refractivity contribution in [3.8, 4) is 11.5 Å². The highest BCUT2D eigenvalue weighted by atomic mass is 16.5. The molecule has 0 bridgehead atoms.